The number of halogens is 3. The Balaban J connectivity index is 1.96. The summed E-state index contributed by atoms with van der Waals surface area (Å²) in [6.45, 7) is 4.39. The summed E-state index contributed by atoms with van der Waals surface area (Å²) >= 11 is 0. The van der Waals surface area contributed by atoms with E-state index in [-0.39, 0.29) is 5.56 Å². The molecule has 1 amide bonds. The van der Waals surface area contributed by atoms with E-state index in [1.807, 2.05) is 11.5 Å². The molecule has 28 heavy (non-hydrogen) atoms. The first-order chi connectivity index (χ1) is 13.0. The van der Waals surface area contributed by atoms with E-state index in [1.54, 1.807) is 17.7 Å². The van der Waals surface area contributed by atoms with Gasteiger partial charge in [0.2, 0.25) is 0 Å². The van der Waals surface area contributed by atoms with E-state index in [1.165, 1.54) is 12.1 Å². The number of aryl methyl sites for hydroxylation is 2. The first-order valence-electron chi connectivity index (χ1n) is 8.25. The number of imidazole rings is 1. The molecule has 0 aliphatic heterocycles. The van der Waals surface area contributed by atoms with E-state index >= 15 is 0 Å². The number of hydrogen-bond acceptors (Lipinski definition) is 4. The van der Waals surface area contributed by atoms with Gasteiger partial charge in [-0.25, -0.2) is 18.1 Å². The van der Waals surface area contributed by atoms with Gasteiger partial charge in [0, 0.05) is 12.1 Å². The third-order valence-electron chi connectivity index (χ3n) is 4.23. The highest BCUT2D eigenvalue weighted by molar-refractivity contribution is 7.90. The maximum Gasteiger partial charge on any atom is 0.417 e. The molecule has 10 heteroatoms. The Morgan fingerprint density at radius 3 is 2.50 bits per heavy atom. The fraction of sp³-hybridized carbons (Fsp3) is 0.222. The number of alkyl halides is 3. The highest BCUT2D eigenvalue weighted by Crippen LogP contribution is 2.33. The molecule has 6 nitrogen and oxygen atoms in total. The van der Waals surface area contributed by atoms with Crippen LogP contribution in [0.5, 0.6) is 0 Å². The van der Waals surface area contributed by atoms with Crippen molar-refractivity contribution in [3.63, 3.8) is 0 Å². The van der Waals surface area contributed by atoms with Gasteiger partial charge in [-0.1, -0.05) is 12.1 Å². The van der Waals surface area contributed by atoms with Gasteiger partial charge < -0.3 is 4.57 Å². The average molecular weight is 411 g/mol. The maximum atomic E-state index is 13.1. The highest BCUT2D eigenvalue weighted by atomic mass is 32.2. The van der Waals surface area contributed by atoms with Crippen molar-refractivity contribution in [2.24, 2.45) is 0 Å². The Labute approximate surface area is 159 Å². The quantitative estimate of drug-likeness (QED) is 0.713. The fourth-order valence-corrected chi connectivity index (χ4v) is 4.16. The lowest BCUT2D eigenvalue weighted by Gasteiger charge is -2.13. The normalized spacial score (nSPS) is 12.3. The number of rotatable bonds is 4. The van der Waals surface area contributed by atoms with Gasteiger partial charge in [0.1, 0.15) is 5.82 Å². The van der Waals surface area contributed by atoms with Gasteiger partial charge >= 0.3 is 6.18 Å². The lowest BCUT2D eigenvalue weighted by Crippen LogP contribution is -2.32. The first-order valence-corrected chi connectivity index (χ1v) is 9.73. The zero-order valence-corrected chi connectivity index (χ0v) is 15.7. The molecule has 0 atom stereocenters. The first kappa shape index (κ1) is 19.9. The summed E-state index contributed by atoms with van der Waals surface area (Å²) in [6.07, 6.45) is -4.88. The number of hydrogen-bond donors (Lipinski definition) is 1. The number of aromatic nitrogens is 2. The van der Waals surface area contributed by atoms with Crippen LogP contribution in [0.4, 0.5) is 13.2 Å². The number of benzene rings is 2. The second kappa shape index (κ2) is 6.93. The van der Waals surface area contributed by atoms with Crippen LogP contribution in [0.3, 0.4) is 0 Å². The van der Waals surface area contributed by atoms with Crippen molar-refractivity contribution in [2.75, 3.05) is 0 Å². The molecule has 0 fully saturated rings. The van der Waals surface area contributed by atoms with Crippen LogP contribution in [0.2, 0.25) is 0 Å². The number of carbonyl (C=O) groups is 1. The standard InChI is InChI=1S/C18H16F3N3O3S/c1-3-24-11(2)22-14-10-12(8-9-15(14)24)17(25)23-28(26,27)16-7-5-4-6-13(16)18(19,20)21/h4-10H,3H2,1-2H3,(H,23,25). The van der Waals surface area contributed by atoms with Crippen LogP contribution in [0, 0.1) is 6.92 Å². The van der Waals surface area contributed by atoms with Crippen LogP contribution >= 0.6 is 0 Å². The van der Waals surface area contributed by atoms with Gasteiger partial charge in [-0.3, -0.25) is 4.79 Å². The van der Waals surface area contributed by atoms with Crippen molar-refractivity contribution < 1.29 is 26.4 Å². The molecule has 3 aromatic rings. The fourth-order valence-electron chi connectivity index (χ4n) is 2.96. The summed E-state index contributed by atoms with van der Waals surface area (Å²) in [5.74, 6) is -0.315. The Morgan fingerprint density at radius 2 is 1.86 bits per heavy atom. The molecule has 0 saturated carbocycles. The van der Waals surface area contributed by atoms with E-state index in [9.17, 15) is 26.4 Å². The van der Waals surface area contributed by atoms with E-state index in [2.05, 4.69) is 4.98 Å². The Bertz CT molecular complexity index is 1170. The van der Waals surface area contributed by atoms with Crippen molar-refractivity contribution in [3.8, 4) is 0 Å². The third kappa shape index (κ3) is 3.59. The minimum Gasteiger partial charge on any atom is -0.329 e. The second-order valence-corrected chi connectivity index (χ2v) is 7.69. The Morgan fingerprint density at radius 1 is 1.18 bits per heavy atom. The predicted octanol–water partition coefficient (Wildman–Crippen LogP) is 3.50. The summed E-state index contributed by atoms with van der Waals surface area (Å²) in [6, 6.07) is 8.08. The van der Waals surface area contributed by atoms with Crippen molar-refractivity contribution >= 4 is 27.0 Å². The molecule has 2 aromatic carbocycles. The molecule has 0 unspecified atom stereocenters. The minimum atomic E-state index is -4.88. The lowest BCUT2D eigenvalue weighted by atomic mass is 10.2. The molecular formula is C18H16F3N3O3S. The van der Waals surface area contributed by atoms with Crippen LogP contribution < -0.4 is 4.72 Å². The summed E-state index contributed by atoms with van der Waals surface area (Å²) in [5, 5.41) is 0. The van der Waals surface area contributed by atoms with Gasteiger partial charge in [0.25, 0.3) is 15.9 Å². The van der Waals surface area contributed by atoms with E-state index in [0.29, 0.717) is 18.1 Å². The molecule has 148 valence electrons. The highest BCUT2D eigenvalue weighted by Gasteiger charge is 2.37. The molecule has 0 spiro atoms. The van der Waals surface area contributed by atoms with Crippen molar-refractivity contribution in [2.45, 2.75) is 31.5 Å². The molecule has 0 radical (unpaired) electrons. The van der Waals surface area contributed by atoms with E-state index < -0.39 is 32.6 Å². The van der Waals surface area contributed by atoms with Crippen LogP contribution in [-0.2, 0) is 22.7 Å². The molecule has 0 aliphatic carbocycles. The molecule has 1 N–H and O–H groups in total. The van der Waals surface area contributed by atoms with E-state index in [0.717, 1.165) is 29.5 Å². The largest absolute Gasteiger partial charge is 0.417 e. The molecule has 0 bridgehead atoms. The molecule has 0 saturated heterocycles. The van der Waals surface area contributed by atoms with Crippen molar-refractivity contribution in [1.29, 1.82) is 0 Å². The zero-order chi connectivity index (χ0) is 20.7. The SMILES string of the molecule is CCn1c(C)nc2cc(C(=O)NS(=O)(=O)c3ccccc3C(F)(F)F)ccc21. The topological polar surface area (TPSA) is 81.1 Å². The van der Waals surface area contributed by atoms with Crippen LogP contribution in [0.25, 0.3) is 11.0 Å². The molecule has 0 aliphatic rings. The van der Waals surface area contributed by atoms with Gasteiger partial charge in [0.05, 0.1) is 21.5 Å². The third-order valence-corrected chi connectivity index (χ3v) is 5.62. The van der Waals surface area contributed by atoms with Gasteiger partial charge in [-0.05, 0) is 44.2 Å². The van der Waals surface area contributed by atoms with Crippen molar-refractivity contribution in [3.05, 3.63) is 59.4 Å². The van der Waals surface area contributed by atoms with E-state index in [4.69, 9.17) is 0 Å². The molecule has 3 rings (SSSR count). The Hall–Kier alpha value is -2.88. The molecule has 1 aromatic heterocycles. The zero-order valence-electron chi connectivity index (χ0n) is 14.9. The lowest BCUT2D eigenvalue weighted by molar-refractivity contribution is -0.139. The second-order valence-electron chi connectivity index (χ2n) is 6.04. The number of nitrogens with zero attached hydrogens (tertiary/aromatic N) is 2. The number of nitrogens with one attached hydrogen (secondary N) is 1. The predicted molar refractivity (Wildman–Crippen MR) is 96.2 cm³/mol. The number of sulfonamides is 1. The van der Waals surface area contributed by atoms with Gasteiger partial charge in [-0.2, -0.15) is 13.2 Å². The average Bonchev–Trinajstić information content (AvgIpc) is 2.94. The summed E-state index contributed by atoms with van der Waals surface area (Å²) in [7, 11) is -4.73. The summed E-state index contributed by atoms with van der Waals surface area (Å²) in [4.78, 5) is 15.7. The van der Waals surface area contributed by atoms with Crippen LogP contribution in [0.15, 0.2) is 47.4 Å². The number of amides is 1. The monoisotopic (exact) mass is 411 g/mol. The molecule has 1 heterocycles. The minimum absolute atomic E-state index is 0.0266. The van der Waals surface area contributed by atoms with Crippen LogP contribution in [-0.4, -0.2) is 23.9 Å². The van der Waals surface area contributed by atoms with Gasteiger partial charge in [0.15, 0.2) is 0 Å². The smallest absolute Gasteiger partial charge is 0.329 e. The number of fused-ring (bicyclic) bond motifs is 1. The Kier molecular flexibility index (Phi) is 4.92. The van der Waals surface area contributed by atoms with Gasteiger partial charge in [-0.15, -0.1) is 0 Å². The van der Waals surface area contributed by atoms with Crippen LogP contribution in [0.1, 0.15) is 28.7 Å². The maximum absolute atomic E-state index is 13.1. The van der Waals surface area contributed by atoms with Crippen molar-refractivity contribution in [1.82, 2.24) is 14.3 Å². The summed E-state index contributed by atoms with van der Waals surface area (Å²) < 4.78 is 67.7. The number of carbonyl (C=O) groups excluding carboxylic acids is 1. The summed E-state index contributed by atoms with van der Waals surface area (Å²) in [5.41, 5.74) is -0.119. The molecular weight excluding hydrogens is 395 g/mol.